The van der Waals surface area contributed by atoms with Crippen LogP contribution in [0.25, 0.3) is 0 Å². The first kappa shape index (κ1) is 16.1. The van der Waals surface area contributed by atoms with Gasteiger partial charge in [0, 0.05) is 39.1 Å². The first-order chi connectivity index (χ1) is 11.3. The summed E-state index contributed by atoms with van der Waals surface area (Å²) in [4.78, 5) is 16.7. The zero-order valence-electron chi connectivity index (χ0n) is 13.7. The minimum atomic E-state index is 0.321. The van der Waals surface area contributed by atoms with Crippen LogP contribution in [0.2, 0.25) is 0 Å². The summed E-state index contributed by atoms with van der Waals surface area (Å²) < 4.78 is 5.74. The largest absolute Gasteiger partial charge is 0.492 e. The molecule has 1 heterocycles. The van der Waals surface area contributed by atoms with Gasteiger partial charge in [0.2, 0.25) is 5.91 Å². The predicted molar refractivity (Wildman–Crippen MR) is 91.4 cm³/mol. The van der Waals surface area contributed by atoms with Crippen molar-refractivity contribution >= 4 is 5.91 Å². The number of hydrogen-bond donors (Lipinski definition) is 0. The molecule has 2 aliphatic rings. The van der Waals surface area contributed by atoms with Crippen LogP contribution < -0.4 is 4.74 Å². The Balaban J connectivity index is 1.33. The highest BCUT2D eigenvalue weighted by Crippen LogP contribution is 2.21. The summed E-state index contributed by atoms with van der Waals surface area (Å²) in [6, 6.07) is 9.92. The fourth-order valence-electron chi connectivity index (χ4n) is 3.25. The van der Waals surface area contributed by atoms with E-state index in [-0.39, 0.29) is 0 Å². The molecule has 1 aromatic rings. The lowest BCUT2D eigenvalue weighted by atomic mass is 10.0. The molecule has 1 aromatic carbocycles. The number of carbonyl (C=O) groups excluding carboxylic acids is 1. The number of hydrogen-bond acceptors (Lipinski definition) is 3. The molecule has 1 amide bonds. The van der Waals surface area contributed by atoms with E-state index in [1.165, 1.54) is 0 Å². The smallest absolute Gasteiger partial charge is 0.223 e. The molecule has 0 spiro atoms. The van der Waals surface area contributed by atoms with Crippen LogP contribution in [-0.4, -0.2) is 55.0 Å². The minimum Gasteiger partial charge on any atom is -0.492 e. The second-order valence-electron chi connectivity index (χ2n) is 6.35. The Morgan fingerprint density at radius 2 is 1.91 bits per heavy atom. The third-order valence-corrected chi connectivity index (χ3v) is 4.69. The van der Waals surface area contributed by atoms with Gasteiger partial charge in [-0.15, -0.1) is 0 Å². The monoisotopic (exact) mass is 314 g/mol. The molecule has 1 atom stereocenters. The van der Waals surface area contributed by atoms with Crippen LogP contribution >= 0.6 is 0 Å². The molecule has 0 aromatic heterocycles. The van der Waals surface area contributed by atoms with E-state index in [9.17, 15) is 4.79 Å². The molecule has 4 heteroatoms. The highest BCUT2D eigenvalue weighted by molar-refractivity contribution is 5.76. The van der Waals surface area contributed by atoms with Gasteiger partial charge in [0.05, 0.1) is 0 Å². The number of benzene rings is 1. The second kappa shape index (κ2) is 8.16. The number of nitrogens with zero attached hydrogens (tertiary/aromatic N) is 2. The predicted octanol–water partition coefficient (Wildman–Crippen LogP) is 2.57. The molecule has 0 radical (unpaired) electrons. The zero-order chi connectivity index (χ0) is 15.9. The van der Waals surface area contributed by atoms with Crippen molar-refractivity contribution in [1.29, 1.82) is 0 Å². The van der Waals surface area contributed by atoms with Crippen LogP contribution in [0.5, 0.6) is 5.75 Å². The van der Waals surface area contributed by atoms with Gasteiger partial charge in [-0.3, -0.25) is 9.69 Å². The van der Waals surface area contributed by atoms with Crippen molar-refractivity contribution in [3.8, 4) is 5.75 Å². The van der Waals surface area contributed by atoms with Crippen LogP contribution in [-0.2, 0) is 4.79 Å². The Morgan fingerprint density at radius 3 is 2.61 bits per heavy atom. The Morgan fingerprint density at radius 1 is 1.13 bits per heavy atom. The second-order valence-corrected chi connectivity index (χ2v) is 6.35. The van der Waals surface area contributed by atoms with Gasteiger partial charge in [-0.2, -0.15) is 0 Å². The molecule has 0 N–H and O–H groups in total. The third-order valence-electron chi connectivity index (χ3n) is 4.69. The van der Waals surface area contributed by atoms with Crippen molar-refractivity contribution in [3.05, 3.63) is 42.5 Å². The maximum Gasteiger partial charge on any atom is 0.223 e. The van der Waals surface area contributed by atoms with Crippen LogP contribution in [0.4, 0.5) is 0 Å². The van der Waals surface area contributed by atoms with Gasteiger partial charge in [-0.1, -0.05) is 30.4 Å². The molecule has 1 unspecified atom stereocenters. The maximum atomic E-state index is 12.3. The van der Waals surface area contributed by atoms with Crippen LogP contribution in [0.3, 0.4) is 0 Å². The average molecular weight is 314 g/mol. The van der Waals surface area contributed by atoms with E-state index in [1.807, 2.05) is 35.2 Å². The lowest BCUT2D eigenvalue weighted by Crippen LogP contribution is -2.49. The number of amides is 1. The van der Waals surface area contributed by atoms with Gasteiger partial charge in [0.25, 0.3) is 0 Å². The third kappa shape index (κ3) is 4.83. The van der Waals surface area contributed by atoms with E-state index in [1.54, 1.807) is 0 Å². The van der Waals surface area contributed by atoms with E-state index >= 15 is 0 Å². The lowest BCUT2D eigenvalue weighted by molar-refractivity contribution is -0.133. The van der Waals surface area contributed by atoms with Crippen LogP contribution in [0.1, 0.15) is 19.3 Å². The van der Waals surface area contributed by atoms with Gasteiger partial charge in [-0.25, -0.2) is 0 Å². The molecular weight excluding hydrogens is 288 g/mol. The molecule has 1 fully saturated rings. The molecule has 1 aliphatic carbocycles. The van der Waals surface area contributed by atoms with Crippen LogP contribution in [0.15, 0.2) is 42.5 Å². The summed E-state index contributed by atoms with van der Waals surface area (Å²) >= 11 is 0. The molecule has 124 valence electrons. The number of piperazine rings is 1. The Kier molecular flexibility index (Phi) is 5.70. The van der Waals surface area contributed by atoms with Gasteiger partial charge >= 0.3 is 0 Å². The number of allylic oxidation sites excluding steroid dienone is 2. The fourth-order valence-corrected chi connectivity index (χ4v) is 3.25. The number of rotatable bonds is 6. The summed E-state index contributed by atoms with van der Waals surface area (Å²) in [6.45, 7) is 5.21. The van der Waals surface area contributed by atoms with Gasteiger partial charge in [0.1, 0.15) is 12.4 Å². The lowest BCUT2D eigenvalue weighted by Gasteiger charge is -2.35. The van der Waals surface area contributed by atoms with Gasteiger partial charge in [-0.05, 0) is 30.9 Å². The van der Waals surface area contributed by atoms with Crippen molar-refractivity contribution in [2.24, 2.45) is 5.92 Å². The fraction of sp³-hybridized carbons (Fsp3) is 0.526. The maximum absolute atomic E-state index is 12.3. The highest BCUT2D eigenvalue weighted by atomic mass is 16.5. The Bertz CT molecular complexity index is 521. The number of carbonyl (C=O) groups is 1. The van der Waals surface area contributed by atoms with Crippen molar-refractivity contribution in [2.75, 3.05) is 39.3 Å². The summed E-state index contributed by atoms with van der Waals surface area (Å²) in [7, 11) is 0. The number of ether oxygens (including phenoxy) is 1. The molecule has 1 saturated heterocycles. The highest BCUT2D eigenvalue weighted by Gasteiger charge is 2.23. The SMILES string of the molecule is O=C(CC1C=CCC1)N1CCN(CCOc2ccccc2)CC1. The van der Waals surface area contributed by atoms with Crippen LogP contribution in [0, 0.1) is 5.92 Å². The Hall–Kier alpha value is -1.81. The van der Waals surface area contributed by atoms with Gasteiger partial charge in [0.15, 0.2) is 0 Å². The molecular formula is C19H26N2O2. The molecule has 4 nitrogen and oxygen atoms in total. The van der Waals surface area contributed by atoms with Crippen molar-refractivity contribution < 1.29 is 9.53 Å². The number of para-hydroxylation sites is 1. The van der Waals surface area contributed by atoms with E-state index in [0.29, 0.717) is 24.9 Å². The molecule has 1 aliphatic heterocycles. The van der Waals surface area contributed by atoms with Crippen molar-refractivity contribution in [1.82, 2.24) is 9.80 Å². The summed E-state index contributed by atoms with van der Waals surface area (Å²) in [5.74, 6) is 1.72. The normalized spacial score (nSPS) is 21.6. The van der Waals surface area contributed by atoms with E-state index in [4.69, 9.17) is 4.74 Å². The molecule has 3 rings (SSSR count). The first-order valence-electron chi connectivity index (χ1n) is 8.66. The standard InChI is InChI=1S/C19H26N2O2/c22-19(16-17-6-4-5-7-17)21-12-10-20(11-13-21)14-15-23-18-8-2-1-3-9-18/h1-4,6,8-9,17H,5,7,10-16H2. The first-order valence-corrected chi connectivity index (χ1v) is 8.66. The molecule has 0 bridgehead atoms. The van der Waals surface area contributed by atoms with E-state index < -0.39 is 0 Å². The van der Waals surface area contributed by atoms with E-state index in [2.05, 4.69) is 17.1 Å². The molecule has 23 heavy (non-hydrogen) atoms. The summed E-state index contributed by atoms with van der Waals surface area (Å²) in [6.07, 6.45) is 7.36. The summed E-state index contributed by atoms with van der Waals surface area (Å²) in [5, 5.41) is 0. The zero-order valence-corrected chi connectivity index (χ0v) is 13.7. The average Bonchev–Trinajstić information content (AvgIpc) is 3.09. The minimum absolute atomic E-state index is 0.321. The molecule has 0 saturated carbocycles. The Labute approximate surface area is 138 Å². The van der Waals surface area contributed by atoms with Crippen molar-refractivity contribution in [3.63, 3.8) is 0 Å². The summed E-state index contributed by atoms with van der Waals surface area (Å²) in [5.41, 5.74) is 0. The van der Waals surface area contributed by atoms with Crippen molar-refractivity contribution in [2.45, 2.75) is 19.3 Å². The quantitative estimate of drug-likeness (QED) is 0.757. The van der Waals surface area contributed by atoms with Gasteiger partial charge < -0.3 is 9.64 Å². The van der Waals surface area contributed by atoms with E-state index in [0.717, 1.165) is 51.3 Å². The topological polar surface area (TPSA) is 32.8 Å².